The molecule has 0 saturated carbocycles. The zero-order valence-electron chi connectivity index (χ0n) is 12.3. The molecule has 4 atom stereocenters. The van der Waals surface area contributed by atoms with E-state index in [9.17, 15) is 15.0 Å². The second kappa shape index (κ2) is 5.91. The molecule has 0 radical (unpaired) electrons. The minimum Gasteiger partial charge on any atom is -0.386 e. The lowest BCUT2D eigenvalue weighted by atomic mass is 9.85. The standard InChI is InChI=1S/C18H19NO3/c1-19-15(16(20)13-10-6-3-7-11-13)14(17(21)18(19)22)12-8-4-2-5-9-12/h2-11,14-17,20-21H,1H3/t14-,15+,16+,17+/m1/s1. The van der Waals surface area contributed by atoms with Gasteiger partial charge in [0.15, 0.2) is 0 Å². The van der Waals surface area contributed by atoms with E-state index in [4.69, 9.17) is 0 Å². The first-order valence-corrected chi connectivity index (χ1v) is 7.34. The van der Waals surface area contributed by atoms with Crippen molar-refractivity contribution >= 4 is 5.91 Å². The highest BCUT2D eigenvalue weighted by atomic mass is 16.3. The molecule has 4 nitrogen and oxygen atoms in total. The third-order valence-electron chi connectivity index (χ3n) is 4.41. The molecule has 0 unspecified atom stereocenters. The van der Waals surface area contributed by atoms with Gasteiger partial charge in [0.05, 0.1) is 6.04 Å². The van der Waals surface area contributed by atoms with E-state index < -0.39 is 24.2 Å². The fraction of sp³-hybridized carbons (Fsp3) is 0.278. The van der Waals surface area contributed by atoms with Gasteiger partial charge in [-0.3, -0.25) is 4.79 Å². The smallest absolute Gasteiger partial charge is 0.252 e. The number of carbonyl (C=O) groups is 1. The van der Waals surface area contributed by atoms with Crippen molar-refractivity contribution in [2.75, 3.05) is 7.05 Å². The Labute approximate surface area is 129 Å². The van der Waals surface area contributed by atoms with Gasteiger partial charge in [0.25, 0.3) is 5.91 Å². The summed E-state index contributed by atoms with van der Waals surface area (Å²) in [6, 6.07) is 18.1. The molecule has 22 heavy (non-hydrogen) atoms. The van der Waals surface area contributed by atoms with Crippen LogP contribution in [0.4, 0.5) is 0 Å². The van der Waals surface area contributed by atoms with Crippen molar-refractivity contribution in [3.63, 3.8) is 0 Å². The summed E-state index contributed by atoms with van der Waals surface area (Å²) in [6.45, 7) is 0. The number of likely N-dealkylation sites (N-methyl/N-ethyl adjacent to an activating group) is 1. The molecule has 1 aliphatic rings. The first-order chi connectivity index (χ1) is 10.6. The molecule has 114 valence electrons. The molecule has 3 rings (SSSR count). The molecule has 1 aliphatic heterocycles. The number of hydrogen-bond donors (Lipinski definition) is 2. The Balaban J connectivity index is 2.01. The Kier molecular flexibility index (Phi) is 3.96. The number of carbonyl (C=O) groups excluding carboxylic acids is 1. The van der Waals surface area contributed by atoms with Crippen molar-refractivity contribution in [3.8, 4) is 0 Å². The lowest BCUT2D eigenvalue weighted by Gasteiger charge is -2.30. The first-order valence-electron chi connectivity index (χ1n) is 7.34. The maximum absolute atomic E-state index is 12.2. The van der Waals surface area contributed by atoms with Crippen molar-refractivity contribution in [3.05, 3.63) is 71.8 Å². The van der Waals surface area contributed by atoms with Gasteiger partial charge in [-0.2, -0.15) is 0 Å². The quantitative estimate of drug-likeness (QED) is 0.906. The summed E-state index contributed by atoms with van der Waals surface area (Å²) in [5.74, 6) is -0.803. The van der Waals surface area contributed by atoms with E-state index in [1.807, 2.05) is 60.7 Å². The SMILES string of the molecule is CN1C(=O)[C@@H](O)[C@H](c2ccccc2)[C@H]1[C@@H](O)c1ccccc1. The summed E-state index contributed by atoms with van der Waals surface area (Å²) in [5, 5.41) is 21.1. The van der Waals surface area contributed by atoms with Crippen LogP contribution in [0, 0.1) is 0 Å². The van der Waals surface area contributed by atoms with E-state index in [0.717, 1.165) is 11.1 Å². The van der Waals surface area contributed by atoms with Crippen LogP contribution >= 0.6 is 0 Å². The highest BCUT2D eigenvalue weighted by molar-refractivity contribution is 5.85. The minimum atomic E-state index is -1.13. The Morgan fingerprint density at radius 3 is 2.14 bits per heavy atom. The zero-order valence-corrected chi connectivity index (χ0v) is 12.3. The summed E-state index contributed by atoms with van der Waals surface area (Å²) in [6.07, 6.45) is -1.98. The molecule has 0 aromatic heterocycles. The topological polar surface area (TPSA) is 60.8 Å². The van der Waals surface area contributed by atoms with Crippen LogP contribution < -0.4 is 0 Å². The Morgan fingerprint density at radius 1 is 1.00 bits per heavy atom. The highest BCUT2D eigenvalue weighted by Gasteiger charge is 2.49. The average molecular weight is 297 g/mol. The number of nitrogens with zero attached hydrogens (tertiary/aromatic N) is 1. The molecule has 2 aromatic carbocycles. The predicted octanol–water partition coefficient (Wildman–Crippen LogP) is 1.71. The van der Waals surface area contributed by atoms with Crippen LogP contribution in [0.2, 0.25) is 0 Å². The normalized spacial score (nSPS) is 26.2. The van der Waals surface area contributed by atoms with Crippen LogP contribution in [0.1, 0.15) is 23.1 Å². The number of hydrogen-bond acceptors (Lipinski definition) is 3. The van der Waals surface area contributed by atoms with Crippen molar-refractivity contribution in [1.29, 1.82) is 0 Å². The van der Waals surface area contributed by atoms with Gasteiger partial charge in [-0.25, -0.2) is 0 Å². The molecule has 2 aromatic rings. The molecule has 0 aliphatic carbocycles. The largest absolute Gasteiger partial charge is 0.386 e. The number of likely N-dealkylation sites (tertiary alicyclic amines) is 1. The molecule has 2 N–H and O–H groups in total. The fourth-order valence-electron chi connectivity index (χ4n) is 3.25. The van der Waals surface area contributed by atoms with Crippen molar-refractivity contribution in [2.45, 2.75) is 24.2 Å². The lowest BCUT2D eigenvalue weighted by Crippen LogP contribution is -2.36. The summed E-state index contributed by atoms with van der Waals surface area (Å²) in [7, 11) is 1.63. The first kappa shape index (κ1) is 14.8. The maximum Gasteiger partial charge on any atom is 0.252 e. The van der Waals surface area contributed by atoms with E-state index >= 15 is 0 Å². The van der Waals surface area contributed by atoms with E-state index in [1.165, 1.54) is 4.90 Å². The Hall–Kier alpha value is -2.17. The van der Waals surface area contributed by atoms with Gasteiger partial charge in [-0.1, -0.05) is 60.7 Å². The van der Waals surface area contributed by atoms with E-state index in [1.54, 1.807) is 7.05 Å². The molecule has 1 heterocycles. The number of aliphatic hydroxyl groups excluding tert-OH is 2. The van der Waals surface area contributed by atoms with Crippen molar-refractivity contribution in [1.82, 2.24) is 4.90 Å². The third-order valence-corrected chi connectivity index (χ3v) is 4.41. The van der Waals surface area contributed by atoms with Crippen LogP contribution in [0.5, 0.6) is 0 Å². The summed E-state index contributed by atoms with van der Waals surface area (Å²) < 4.78 is 0. The minimum absolute atomic E-state index is 0.353. The van der Waals surface area contributed by atoms with Gasteiger partial charge in [0.2, 0.25) is 0 Å². The lowest BCUT2D eigenvalue weighted by molar-refractivity contribution is -0.135. The number of benzene rings is 2. The van der Waals surface area contributed by atoms with Crippen molar-refractivity contribution < 1.29 is 15.0 Å². The Bertz CT molecular complexity index is 644. The predicted molar refractivity (Wildman–Crippen MR) is 83.1 cm³/mol. The van der Waals surface area contributed by atoms with Gasteiger partial charge in [0.1, 0.15) is 12.2 Å². The molecule has 4 heteroatoms. The molecule has 0 spiro atoms. The van der Waals surface area contributed by atoms with Crippen LogP contribution in [-0.4, -0.2) is 40.2 Å². The molecule has 0 bridgehead atoms. The second-order valence-electron chi connectivity index (χ2n) is 5.68. The third kappa shape index (κ3) is 2.40. The molecule has 1 saturated heterocycles. The van der Waals surface area contributed by atoms with Crippen LogP contribution in [-0.2, 0) is 4.79 Å². The van der Waals surface area contributed by atoms with Crippen LogP contribution in [0.15, 0.2) is 60.7 Å². The van der Waals surface area contributed by atoms with Gasteiger partial charge in [0, 0.05) is 13.0 Å². The average Bonchev–Trinajstić information content (AvgIpc) is 2.80. The van der Waals surface area contributed by atoms with Crippen LogP contribution in [0.3, 0.4) is 0 Å². The number of amides is 1. The van der Waals surface area contributed by atoms with Gasteiger partial charge >= 0.3 is 0 Å². The monoisotopic (exact) mass is 297 g/mol. The fourth-order valence-corrected chi connectivity index (χ4v) is 3.25. The highest BCUT2D eigenvalue weighted by Crippen LogP contribution is 2.40. The zero-order chi connectivity index (χ0) is 15.7. The molecule has 1 fully saturated rings. The second-order valence-corrected chi connectivity index (χ2v) is 5.68. The Morgan fingerprint density at radius 2 is 1.55 bits per heavy atom. The number of rotatable bonds is 3. The molecular weight excluding hydrogens is 278 g/mol. The van der Waals surface area contributed by atoms with E-state index in [0.29, 0.717) is 0 Å². The van der Waals surface area contributed by atoms with Gasteiger partial charge < -0.3 is 15.1 Å². The summed E-state index contributed by atoms with van der Waals surface area (Å²) in [5.41, 5.74) is 1.59. The number of aliphatic hydroxyl groups is 2. The maximum atomic E-state index is 12.2. The van der Waals surface area contributed by atoms with E-state index in [2.05, 4.69) is 0 Å². The summed E-state index contributed by atoms with van der Waals surface area (Å²) >= 11 is 0. The molecule has 1 amide bonds. The van der Waals surface area contributed by atoms with Crippen molar-refractivity contribution in [2.24, 2.45) is 0 Å². The molecular formula is C18H19NO3. The van der Waals surface area contributed by atoms with Gasteiger partial charge in [-0.05, 0) is 11.1 Å². The van der Waals surface area contributed by atoms with Crippen LogP contribution in [0.25, 0.3) is 0 Å². The summed E-state index contributed by atoms with van der Waals surface area (Å²) in [4.78, 5) is 13.7. The van der Waals surface area contributed by atoms with Gasteiger partial charge in [-0.15, -0.1) is 0 Å². The van der Waals surface area contributed by atoms with E-state index in [-0.39, 0.29) is 5.91 Å².